The number of phenolic OH excluding ortho intramolecular Hbond substituents is 1. The molecule has 0 aliphatic carbocycles. The monoisotopic (exact) mass is 217 g/mol. The van der Waals surface area contributed by atoms with Crippen LogP contribution in [0.4, 0.5) is 17.1 Å². The summed E-state index contributed by atoms with van der Waals surface area (Å²) in [7, 11) is 0. The number of hydrogen-bond acceptors (Lipinski definition) is 4. The molecule has 2 aromatic rings. The van der Waals surface area contributed by atoms with Crippen LogP contribution >= 0.6 is 0 Å². The first-order valence-electron chi connectivity index (χ1n) is 4.73. The Hall–Kier alpha value is -2.36. The minimum absolute atomic E-state index is 0.213. The van der Waals surface area contributed by atoms with Crippen LogP contribution in [0.3, 0.4) is 0 Å². The van der Waals surface area contributed by atoms with E-state index in [-0.39, 0.29) is 5.75 Å². The van der Waals surface area contributed by atoms with E-state index < -0.39 is 0 Å². The number of benzene rings is 2. The first kappa shape index (κ1) is 11.7. The molecule has 4 heteroatoms. The molecule has 16 heavy (non-hydrogen) atoms. The molecular formula is C12H15N3O. The molecule has 2 aromatic carbocycles. The fraction of sp³-hybridized carbons (Fsp3) is 0. The Labute approximate surface area is 94.3 Å². The molecule has 0 atom stereocenters. The third-order valence-corrected chi connectivity index (χ3v) is 1.81. The van der Waals surface area contributed by atoms with Gasteiger partial charge in [0.15, 0.2) is 0 Å². The normalized spacial score (nSPS) is 9.00. The van der Waals surface area contributed by atoms with Gasteiger partial charge in [-0.1, -0.05) is 6.07 Å². The number of hydrogen-bond donors (Lipinski definition) is 4. The van der Waals surface area contributed by atoms with Gasteiger partial charge in [-0.3, -0.25) is 0 Å². The van der Waals surface area contributed by atoms with Gasteiger partial charge < -0.3 is 22.3 Å². The summed E-state index contributed by atoms with van der Waals surface area (Å²) in [6.45, 7) is 0. The van der Waals surface area contributed by atoms with Gasteiger partial charge in [-0.05, 0) is 36.4 Å². The third-order valence-electron chi connectivity index (χ3n) is 1.81. The quantitative estimate of drug-likeness (QED) is 0.506. The Morgan fingerprint density at radius 1 is 0.688 bits per heavy atom. The van der Waals surface area contributed by atoms with E-state index >= 15 is 0 Å². The van der Waals surface area contributed by atoms with E-state index in [9.17, 15) is 0 Å². The van der Waals surface area contributed by atoms with Crippen LogP contribution < -0.4 is 17.2 Å². The molecule has 0 aliphatic heterocycles. The predicted octanol–water partition coefficient (Wildman–Crippen LogP) is 1.83. The molecule has 0 aliphatic rings. The lowest BCUT2D eigenvalue weighted by Gasteiger charge is -1.90. The standard InChI is InChI=1S/C6H8N2.C6H7NO/c7-5-1-2-6(8)4-3-5;7-5-2-1-3-6(8)4-5/h1-4H,7-8H2;1-4,8H,7H2. The maximum absolute atomic E-state index is 8.73. The molecule has 4 nitrogen and oxygen atoms in total. The van der Waals surface area contributed by atoms with E-state index in [1.54, 1.807) is 42.5 Å². The van der Waals surface area contributed by atoms with Gasteiger partial charge >= 0.3 is 0 Å². The van der Waals surface area contributed by atoms with Crippen molar-refractivity contribution in [1.29, 1.82) is 0 Å². The molecule has 84 valence electrons. The third kappa shape index (κ3) is 4.23. The fourth-order valence-electron chi connectivity index (χ4n) is 1.02. The van der Waals surface area contributed by atoms with Crippen LogP contribution in [-0.4, -0.2) is 5.11 Å². The van der Waals surface area contributed by atoms with Gasteiger partial charge in [-0.2, -0.15) is 0 Å². The molecule has 0 unspecified atom stereocenters. The largest absolute Gasteiger partial charge is 0.508 e. The highest BCUT2D eigenvalue weighted by atomic mass is 16.3. The Morgan fingerprint density at radius 2 is 1.19 bits per heavy atom. The highest BCUT2D eigenvalue weighted by Crippen LogP contribution is 2.10. The number of nitrogens with two attached hydrogens (primary N) is 3. The summed E-state index contributed by atoms with van der Waals surface area (Å²) < 4.78 is 0. The van der Waals surface area contributed by atoms with Gasteiger partial charge in [0.2, 0.25) is 0 Å². The van der Waals surface area contributed by atoms with Crippen LogP contribution in [0.2, 0.25) is 0 Å². The summed E-state index contributed by atoms with van der Waals surface area (Å²) in [5.41, 5.74) is 18.1. The Kier molecular flexibility index (Phi) is 4.03. The molecule has 0 saturated heterocycles. The lowest BCUT2D eigenvalue weighted by atomic mass is 10.3. The molecule has 0 fully saturated rings. The molecule has 0 bridgehead atoms. The van der Waals surface area contributed by atoms with E-state index in [0.29, 0.717) is 5.69 Å². The van der Waals surface area contributed by atoms with Crippen molar-refractivity contribution in [2.24, 2.45) is 0 Å². The van der Waals surface area contributed by atoms with Crippen molar-refractivity contribution >= 4 is 17.1 Å². The summed E-state index contributed by atoms with van der Waals surface area (Å²) in [4.78, 5) is 0. The molecule has 0 saturated carbocycles. The van der Waals surface area contributed by atoms with Gasteiger partial charge in [-0.25, -0.2) is 0 Å². The Morgan fingerprint density at radius 3 is 1.50 bits per heavy atom. The molecule has 0 spiro atoms. The molecule has 7 N–H and O–H groups in total. The lowest BCUT2D eigenvalue weighted by molar-refractivity contribution is 0.475. The Bertz CT molecular complexity index is 402. The minimum Gasteiger partial charge on any atom is -0.508 e. The molecule has 0 radical (unpaired) electrons. The summed E-state index contributed by atoms with van der Waals surface area (Å²) in [6, 6.07) is 13.6. The zero-order valence-electron chi connectivity index (χ0n) is 8.80. The number of rotatable bonds is 0. The van der Waals surface area contributed by atoms with Gasteiger partial charge in [0.05, 0.1) is 0 Å². The van der Waals surface area contributed by atoms with Crippen molar-refractivity contribution < 1.29 is 5.11 Å². The molecule has 0 heterocycles. The highest BCUT2D eigenvalue weighted by molar-refractivity contribution is 5.47. The van der Waals surface area contributed by atoms with Crippen LogP contribution in [-0.2, 0) is 0 Å². The van der Waals surface area contributed by atoms with Gasteiger partial charge in [0, 0.05) is 23.1 Å². The van der Waals surface area contributed by atoms with E-state index in [1.807, 2.05) is 0 Å². The number of nitrogen functional groups attached to an aromatic ring is 3. The lowest BCUT2D eigenvalue weighted by Crippen LogP contribution is -1.86. The van der Waals surface area contributed by atoms with Crippen LogP contribution in [0.5, 0.6) is 5.75 Å². The maximum Gasteiger partial charge on any atom is 0.117 e. The van der Waals surface area contributed by atoms with Crippen LogP contribution in [0.1, 0.15) is 0 Å². The van der Waals surface area contributed by atoms with E-state index in [2.05, 4.69) is 0 Å². The average molecular weight is 217 g/mol. The second-order valence-corrected chi connectivity index (χ2v) is 3.26. The second-order valence-electron chi connectivity index (χ2n) is 3.26. The smallest absolute Gasteiger partial charge is 0.117 e. The number of anilines is 3. The van der Waals surface area contributed by atoms with Gasteiger partial charge in [0.25, 0.3) is 0 Å². The van der Waals surface area contributed by atoms with Crippen LogP contribution in [0, 0.1) is 0 Å². The first-order valence-corrected chi connectivity index (χ1v) is 4.73. The summed E-state index contributed by atoms with van der Waals surface area (Å²) in [6.07, 6.45) is 0. The summed E-state index contributed by atoms with van der Waals surface area (Å²) in [5.74, 6) is 0.213. The van der Waals surface area contributed by atoms with Crippen LogP contribution in [0.15, 0.2) is 48.5 Å². The first-order chi connectivity index (χ1) is 7.58. The molecule has 0 amide bonds. The number of aromatic hydroxyl groups is 1. The predicted molar refractivity (Wildman–Crippen MR) is 67.8 cm³/mol. The summed E-state index contributed by atoms with van der Waals surface area (Å²) >= 11 is 0. The maximum atomic E-state index is 8.73. The van der Waals surface area contributed by atoms with Crippen molar-refractivity contribution in [3.8, 4) is 5.75 Å². The fourth-order valence-corrected chi connectivity index (χ4v) is 1.02. The Balaban J connectivity index is 0.000000160. The molecule has 2 rings (SSSR count). The van der Waals surface area contributed by atoms with Crippen molar-refractivity contribution in [3.63, 3.8) is 0 Å². The SMILES string of the molecule is Nc1ccc(N)cc1.Nc1cccc(O)c1. The number of phenols is 1. The summed E-state index contributed by atoms with van der Waals surface area (Å²) in [5, 5.41) is 8.73. The van der Waals surface area contributed by atoms with E-state index in [1.165, 1.54) is 6.07 Å². The average Bonchev–Trinajstić information content (AvgIpc) is 2.23. The minimum atomic E-state index is 0.213. The highest BCUT2D eigenvalue weighted by Gasteiger charge is 1.83. The van der Waals surface area contributed by atoms with Gasteiger partial charge in [0.1, 0.15) is 5.75 Å². The van der Waals surface area contributed by atoms with Crippen molar-refractivity contribution in [2.45, 2.75) is 0 Å². The van der Waals surface area contributed by atoms with E-state index in [0.717, 1.165) is 11.4 Å². The van der Waals surface area contributed by atoms with Crippen molar-refractivity contribution in [2.75, 3.05) is 17.2 Å². The van der Waals surface area contributed by atoms with Gasteiger partial charge in [-0.15, -0.1) is 0 Å². The van der Waals surface area contributed by atoms with E-state index in [4.69, 9.17) is 22.3 Å². The molecule has 0 aromatic heterocycles. The van der Waals surface area contributed by atoms with Crippen molar-refractivity contribution in [1.82, 2.24) is 0 Å². The zero-order valence-corrected chi connectivity index (χ0v) is 8.80. The van der Waals surface area contributed by atoms with Crippen molar-refractivity contribution in [3.05, 3.63) is 48.5 Å². The second kappa shape index (κ2) is 5.50. The topological polar surface area (TPSA) is 98.3 Å². The van der Waals surface area contributed by atoms with Crippen LogP contribution in [0.25, 0.3) is 0 Å². The zero-order chi connectivity index (χ0) is 12.0. The molecular weight excluding hydrogens is 202 g/mol.